The molecule has 9 heteroatoms. The van der Waals surface area contributed by atoms with Crippen molar-refractivity contribution < 1.29 is 9.53 Å². The maximum atomic E-state index is 12.5. The first-order valence-electron chi connectivity index (χ1n) is 8.28. The van der Waals surface area contributed by atoms with Gasteiger partial charge in [-0.25, -0.2) is 14.2 Å². The summed E-state index contributed by atoms with van der Waals surface area (Å²) in [6, 6.07) is 8.38. The Morgan fingerprint density at radius 2 is 1.92 bits per heavy atom. The van der Waals surface area contributed by atoms with Crippen LogP contribution in [0.2, 0.25) is 0 Å². The summed E-state index contributed by atoms with van der Waals surface area (Å²) >= 11 is 3.34. The average Bonchev–Trinajstić information content (AvgIpc) is 2.61. The lowest BCUT2D eigenvalue weighted by Crippen LogP contribution is -2.50. The molecule has 1 aromatic heterocycles. The molecule has 0 atom stereocenters. The Hall–Kier alpha value is -2.55. The molecule has 0 aliphatic carbocycles. The summed E-state index contributed by atoms with van der Waals surface area (Å²) in [7, 11) is 0. The van der Waals surface area contributed by atoms with Crippen molar-refractivity contribution in [3.05, 3.63) is 55.6 Å². The van der Waals surface area contributed by atoms with E-state index >= 15 is 0 Å². The number of nitrogens with zero attached hydrogens (tertiary/aromatic N) is 3. The number of nitrogens with one attached hydrogen (secondary N) is 1. The fraction of sp³-hybridized carbons (Fsp3) is 0.353. The van der Waals surface area contributed by atoms with Crippen LogP contribution in [0.4, 0.5) is 10.6 Å². The minimum atomic E-state index is -0.501. The number of amides is 1. The molecule has 8 nitrogen and oxygen atoms in total. The van der Waals surface area contributed by atoms with E-state index in [4.69, 9.17) is 4.74 Å². The van der Waals surface area contributed by atoms with E-state index < -0.39 is 11.2 Å². The largest absolute Gasteiger partial charge is 0.450 e. The SMILES string of the molecule is CCOC(=O)N1CCN(c2cc(=O)n(-c3cccc(Br)c3)c(=O)[nH]2)CC1. The smallest absolute Gasteiger partial charge is 0.409 e. The summed E-state index contributed by atoms with van der Waals surface area (Å²) in [5, 5.41) is 0. The molecular weight excluding hydrogens is 404 g/mol. The van der Waals surface area contributed by atoms with Crippen LogP contribution in [0.25, 0.3) is 5.69 Å². The average molecular weight is 423 g/mol. The van der Waals surface area contributed by atoms with Gasteiger partial charge in [0, 0.05) is 36.7 Å². The molecule has 1 aromatic carbocycles. The van der Waals surface area contributed by atoms with E-state index in [1.807, 2.05) is 11.0 Å². The number of ether oxygens (including phenoxy) is 1. The number of anilines is 1. The predicted molar refractivity (Wildman–Crippen MR) is 101 cm³/mol. The molecule has 1 saturated heterocycles. The monoisotopic (exact) mass is 422 g/mol. The Labute approximate surface area is 158 Å². The van der Waals surface area contributed by atoms with E-state index in [2.05, 4.69) is 20.9 Å². The molecule has 1 aliphatic rings. The van der Waals surface area contributed by atoms with E-state index in [-0.39, 0.29) is 6.09 Å². The highest BCUT2D eigenvalue weighted by molar-refractivity contribution is 9.10. The lowest BCUT2D eigenvalue weighted by Gasteiger charge is -2.34. The number of aromatic nitrogens is 2. The van der Waals surface area contributed by atoms with Crippen molar-refractivity contribution in [3.63, 3.8) is 0 Å². The zero-order valence-electron chi connectivity index (χ0n) is 14.3. The number of hydrogen-bond acceptors (Lipinski definition) is 5. The highest BCUT2D eigenvalue weighted by atomic mass is 79.9. The maximum absolute atomic E-state index is 12.5. The van der Waals surface area contributed by atoms with Crippen LogP contribution in [0.15, 0.2) is 44.4 Å². The summed E-state index contributed by atoms with van der Waals surface area (Å²) in [5.74, 6) is 0.453. The van der Waals surface area contributed by atoms with Gasteiger partial charge in [-0.15, -0.1) is 0 Å². The second-order valence-electron chi connectivity index (χ2n) is 5.79. The van der Waals surface area contributed by atoms with Gasteiger partial charge in [0.15, 0.2) is 0 Å². The molecule has 138 valence electrons. The van der Waals surface area contributed by atoms with Gasteiger partial charge in [-0.3, -0.25) is 9.78 Å². The number of aromatic amines is 1. The van der Waals surface area contributed by atoms with Crippen molar-refractivity contribution in [1.82, 2.24) is 14.5 Å². The predicted octanol–water partition coefficient (Wildman–Crippen LogP) is 1.57. The molecule has 1 N–H and O–H groups in total. The number of halogens is 1. The molecule has 3 rings (SSSR count). The number of H-pyrrole nitrogens is 1. The normalized spacial score (nSPS) is 14.4. The van der Waals surface area contributed by atoms with Crippen molar-refractivity contribution in [2.75, 3.05) is 37.7 Å². The molecule has 2 heterocycles. The van der Waals surface area contributed by atoms with E-state index in [1.54, 1.807) is 30.0 Å². The molecule has 0 unspecified atom stereocenters. The summed E-state index contributed by atoms with van der Waals surface area (Å²) in [6.45, 7) is 4.05. The number of rotatable bonds is 3. The second-order valence-corrected chi connectivity index (χ2v) is 6.70. The number of hydrogen-bond donors (Lipinski definition) is 1. The van der Waals surface area contributed by atoms with Gasteiger partial charge in [0.1, 0.15) is 5.82 Å². The minimum Gasteiger partial charge on any atom is -0.450 e. The lowest BCUT2D eigenvalue weighted by molar-refractivity contribution is 0.105. The quantitative estimate of drug-likeness (QED) is 0.810. The van der Waals surface area contributed by atoms with Crippen LogP contribution >= 0.6 is 15.9 Å². The van der Waals surface area contributed by atoms with Crippen LogP contribution in [0.1, 0.15) is 6.92 Å². The van der Waals surface area contributed by atoms with Crippen LogP contribution < -0.4 is 16.1 Å². The summed E-state index contributed by atoms with van der Waals surface area (Å²) < 4.78 is 6.85. The van der Waals surface area contributed by atoms with E-state index in [0.717, 1.165) is 9.04 Å². The molecule has 2 aromatic rings. The van der Waals surface area contributed by atoms with Gasteiger partial charge >= 0.3 is 11.8 Å². The van der Waals surface area contributed by atoms with Crippen LogP contribution in [0.5, 0.6) is 0 Å². The second kappa shape index (κ2) is 7.77. The molecule has 0 spiro atoms. The molecule has 0 radical (unpaired) electrons. The first-order valence-corrected chi connectivity index (χ1v) is 9.08. The third kappa shape index (κ3) is 3.82. The Balaban J connectivity index is 1.80. The highest BCUT2D eigenvalue weighted by Gasteiger charge is 2.23. The van der Waals surface area contributed by atoms with Gasteiger partial charge in [-0.1, -0.05) is 22.0 Å². The first kappa shape index (κ1) is 18.2. The van der Waals surface area contributed by atoms with Crippen molar-refractivity contribution in [3.8, 4) is 5.69 Å². The third-order valence-corrected chi connectivity index (χ3v) is 4.62. The molecule has 1 aliphatic heterocycles. The Kier molecular flexibility index (Phi) is 5.46. The number of piperazine rings is 1. The summed E-state index contributed by atoms with van der Waals surface area (Å²) in [4.78, 5) is 42.9. The van der Waals surface area contributed by atoms with E-state index in [1.165, 1.54) is 6.07 Å². The van der Waals surface area contributed by atoms with Crippen molar-refractivity contribution in [2.45, 2.75) is 6.92 Å². The number of benzene rings is 1. The Morgan fingerprint density at radius 3 is 2.54 bits per heavy atom. The van der Waals surface area contributed by atoms with Crippen LogP contribution in [0.3, 0.4) is 0 Å². The maximum Gasteiger partial charge on any atom is 0.409 e. The first-order chi connectivity index (χ1) is 12.5. The number of carbonyl (C=O) groups excluding carboxylic acids is 1. The van der Waals surface area contributed by atoms with Gasteiger partial charge in [-0.2, -0.15) is 0 Å². The number of carbonyl (C=O) groups is 1. The molecule has 1 amide bonds. The van der Waals surface area contributed by atoms with Gasteiger partial charge in [0.25, 0.3) is 5.56 Å². The third-order valence-electron chi connectivity index (χ3n) is 4.13. The topological polar surface area (TPSA) is 87.6 Å². The Bertz CT molecular complexity index is 884. The van der Waals surface area contributed by atoms with Gasteiger partial charge in [0.05, 0.1) is 12.3 Å². The van der Waals surface area contributed by atoms with Gasteiger partial charge in [-0.05, 0) is 25.1 Å². The van der Waals surface area contributed by atoms with Crippen molar-refractivity contribution >= 4 is 27.8 Å². The van der Waals surface area contributed by atoms with E-state index in [0.29, 0.717) is 44.3 Å². The van der Waals surface area contributed by atoms with Crippen molar-refractivity contribution in [2.24, 2.45) is 0 Å². The summed E-state index contributed by atoms with van der Waals surface area (Å²) in [5.41, 5.74) is -0.419. The zero-order chi connectivity index (χ0) is 18.7. The standard InChI is InChI=1S/C17H19BrN4O4/c1-2-26-17(25)21-8-6-20(7-9-21)14-11-15(23)22(16(24)19-14)13-5-3-4-12(18)10-13/h3-5,10-11H,2,6-9H2,1H3,(H,19,24). The molecule has 26 heavy (non-hydrogen) atoms. The van der Waals surface area contributed by atoms with Gasteiger partial charge in [0.2, 0.25) is 0 Å². The van der Waals surface area contributed by atoms with Crippen LogP contribution in [-0.4, -0.2) is 53.3 Å². The van der Waals surface area contributed by atoms with Gasteiger partial charge < -0.3 is 14.5 Å². The highest BCUT2D eigenvalue weighted by Crippen LogP contribution is 2.14. The fourth-order valence-corrected chi connectivity index (χ4v) is 3.25. The van der Waals surface area contributed by atoms with Crippen LogP contribution in [0, 0.1) is 0 Å². The lowest BCUT2D eigenvalue weighted by atomic mass is 10.3. The molecular formula is C17H19BrN4O4. The Morgan fingerprint density at radius 1 is 1.19 bits per heavy atom. The minimum absolute atomic E-state index is 0.334. The van der Waals surface area contributed by atoms with Crippen LogP contribution in [-0.2, 0) is 4.74 Å². The molecule has 1 fully saturated rings. The van der Waals surface area contributed by atoms with E-state index in [9.17, 15) is 14.4 Å². The van der Waals surface area contributed by atoms with Crippen molar-refractivity contribution in [1.29, 1.82) is 0 Å². The fourth-order valence-electron chi connectivity index (χ4n) is 2.86. The zero-order valence-corrected chi connectivity index (χ0v) is 15.9. The molecule has 0 bridgehead atoms. The molecule has 0 saturated carbocycles. The summed E-state index contributed by atoms with van der Waals surface area (Å²) in [6.07, 6.45) is -0.342.